The fraction of sp³-hybridized carbons (Fsp3) is 0. The van der Waals surface area contributed by atoms with Crippen LogP contribution in [0, 0.1) is 18.3 Å². The largest absolute Gasteiger partial charge is 2.00 e. The fourth-order valence-corrected chi connectivity index (χ4v) is 0.629. The Bertz CT molecular complexity index is 255. The van der Waals surface area contributed by atoms with Crippen molar-refractivity contribution in [2.24, 2.45) is 0 Å². The van der Waals surface area contributed by atoms with Gasteiger partial charge in [-0.05, 0) is 0 Å². The van der Waals surface area contributed by atoms with Gasteiger partial charge in [0.2, 0.25) is 0 Å². The molecule has 0 unspecified atom stereocenters. The molecule has 1 rings (SSSR count). The molecule has 0 aromatic heterocycles. The first-order chi connectivity index (χ1) is 4.34. The molecule has 1 nitrogen and oxygen atoms in total. The number of hydrogen-bond donors (Lipinski definition) is 0. The standard InChI is InChI=1S/C8H6N.ClH.Zn/c1-7-4-2-3-5-8(7)6-9;;/h2-5H,1H2;1H;/q-1;;+2/p-1. The molecule has 1 aromatic rings. The second-order valence-electron chi connectivity index (χ2n) is 1.77. The molecular formula is C8H6ClNZn. The van der Waals surface area contributed by atoms with E-state index in [4.69, 9.17) is 5.26 Å². The summed E-state index contributed by atoms with van der Waals surface area (Å²) in [5.74, 6) is 0. The summed E-state index contributed by atoms with van der Waals surface area (Å²) in [5, 5.41) is 8.43. The third-order valence-electron chi connectivity index (χ3n) is 1.14. The third kappa shape index (κ3) is 3.42. The molecule has 0 bridgehead atoms. The maximum absolute atomic E-state index is 8.43. The topological polar surface area (TPSA) is 23.8 Å². The van der Waals surface area contributed by atoms with Gasteiger partial charge in [0.1, 0.15) is 0 Å². The molecule has 1 aromatic carbocycles. The maximum Gasteiger partial charge on any atom is 2.00 e. The molecule has 0 spiro atoms. The van der Waals surface area contributed by atoms with E-state index in [1.54, 1.807) is 6.07 Å². The molecule has 0 heterocycles. The first kappa shape index (κ1) is 13.1. The van der Waals surface area contributed by atoms with Gasteiger partial charge in [0.15, 0.2) is 0 Å². The second-order valence-corrected chi connectivity index (χ2v) is 1.77. The van der Waals surface area contributed by atoms with E-state index >= 15 is 0 Å². The van der Waals surface area contributed by atoms with Crippen LogP contribution in [0.3, 0.4) is 0 Å². The van der Waals surface area contributed by atoms with Gasteiger partial charge in [0.25, 0.3) is 0 Å². The van der Waals surface area contributed by atoms with E-state index in [-0.39, 0.29) is 31.9 Å². The number of benzene rings is 1. The minimum Gasteiger partial charge on any atom is -1.00 e. The molecule has 0 saturated heterocycles. The SMILES string of the molecule is [CH2-]c1ccccc1C#N.[Cl-].[Zn+2]. The van der Waals surface area contributed by atoms with Crippen LogP contribution in [-0.4, -0.2) is 0 Å². The van der Waals surface area contributed by atoms with Crippen molar-refractivity contribution in [3.05, 3.63) is 42.3 Å². The third-order valence-corrected chi connectivity index (χ3v) is 1.14. The van der Waals surface area contributed by atoms with Crippen molar-refractivity contribution >= 4 is 0 Å². The summed E-state index contributed by atoms with van der Waals surface area (Å²) in [7, 11) is 0. The van der Waals surface area contributed by atoms with Crippen molar-refractivity contribution in [1.29, 1.82) is 5.26 Å². The zero-order chi connectivity index (χ0) is 6.69. The van der Waals surface area contributed by atoms with Crippen LogP contribution in [0.2, 0.25) is 0 Å². The van der Waals surface area contributed by atoms with Gasteiger partial charge in [-0.1, -0.05) is 11.6 Å². The first-order valence-electron chi connectivity index (χ1n) is 2.65. The Hall–Kier alpha value is -0.507. The van der Waals surface area contributed by atoms with Crippen molar-refractivity contribution in [2.45, 2.75) is 0 Å². The van der Waals surface area contributed by atoms with Gasteiger partial charge < -0.3 is 12.4 Å². The summed E-state index contributed by atoms with van der Waals surface area (Å²) in [4.78, 5) is 0. The normalized spacial score (nSPS) is 6.82. The Morgan fingerprint density at radius 1 is 1.27 bits per heavy atom. The Morgan fingerprint density at radius 2 is 1.82 bits per heavy atom. The summed E-state index contributed by atoms with van der Waals surface area (Å²) in [6.45, 7) is 3.67. The number of halogens is 1. The molecule has 0 amide bonds. The van der Waals surface area contributed by atoms with Gasteiger partial charge in [-0.3, -0.25) is 0 Å². The van der Waals surface area contributed by atoms with Crippen molar-refractivity contribution < 1.29 is 31.9 Å². The Morgan fingerprint density at radius 3 is 2.18 bits per heavy atom. The number of hydrogen-bond acceptors (Lipinski definition) is 1. The molecule has 0 radical (unpaired) electrons. The molecular weight excluding hydrogens is 211 g/mol. The molecule has 52 valence electrons. The average Bonchev–Trinajstić information content (AvgIpc) is 1.89. The molecule has 0 N–H and O–H groups in total. The van der Waals surface area contributed by atoms with Gasteiger partial charge in [-0.2, -0.15) is 18.6 Å². The van der Waals surface area contributed by atoms with Crippen LogP contribution in [0.25, 0.3) is 0 Å². The smallest absolute Gasteiger partial charge is 1.00 e. The second kappa shape index (κ2) is 6.22. The first-order valence-corrected chi connectivity index (χ1v) is 2.65. The van der Waals surface area contributed by atoms with E-state index in [9.17, 15) is 0 Å². The van der Waals surface area contributed by atoms with Gasteiger partial charge in [0, 0.05) is 6.07 Å². The van der Waals surface area contributed by atoms with Crippen LogP contribution >= 0.6 is 0 Å². The van der Waals surface area contributed by atoms with Crippen LogP contribution in [0.5, 0.6) is 0 Å². The molecule has 0 fully saturated rings. The van der Waals surface area contributed by atoms with Gasteiger partial charge in [0.05, 0.1) is 0 Å². The summed E-state index contributed by atoms with van der Waals surface area (Å²) in [5.41, 5.74) is 1.44. The van der Waals surface area contributed by atoms with Crippen LogP contribution in [-0.2, 0) is 19.5 Å². The zero-order valence-electron chi connectivity index (χ0n) is 6.05. The molecule has 0 atom stereocenters. The van der Waals surface area contributed by atoms with E-state index in [0.29, 0.717) is 5.56 Å². The predicted octanol–water partition coefficient (Wildman–Crippen LogP) is -1.26. The Kier molecular flexibility index (Phi) is 7.41. The molecule has 3 heteroatoms. The van der Waals surface area contributed by atoms with Crippen molar-refractivity contribution in [3.8, 4) is 6.07 Å². The fourth-order valence-electron chi connectivity index (χ4n) is 0.629. The minimum absolute atomic E-state index is 0. The van der Waals surface area contributed by atoms with Crippen LogP contribution in [0.1, 0.15) is 11.1 Å². The predicted molar refractivity (Wildman–Crippen MR) is 35.6 cm³/mol. The van der Waals surface area contributed by atoms with E-state index in [0.717, 1.165) is 5.56 Å². The summed E-state index contributed by atoms with van der Waals surface area (Å²) >= 11 is 0. The van der Waals surface area contributed by atoms with E-state index in [1.807, 2.05) is 24.3 Å². The van der Waals surface area contributed by atoms with E-state index in [2.05, 4.69) is 6.92 Å². The van der Waals surface area contributed by atoms with E-state index < -0.39 is 0 Å². The van der Waals surface area contributed by atoms with E-state index in [1.165, 1.54) is 0 Å². The van der Waals surface area contributed by atoms with Gasteiger partial charge in [-0.25, -0.2) is 5.26 Å². The molecule has 0 aliphatic carbocycles. The summed E-state index contributed by atoms with van der Waals surface area (Å²) in [6, 6.07) is 9.29. The van der Waals surface area contributed by atoms with Gasteiger partial charge >= 0.3 is 19.5 Å². The van der Waals surface area contributed by atoms with Crippen molar-refractivity contribution in [1.82, 2.24) is 0 Å². The molecule has 11 heavy (non-hydrogen) atoms. The monoisotopic (exact) mass is 215 g/mol. The summed E-state index contributed by atoms with van der Waals surface area (Å²) in [6.07, 6.45) is 0. The Labute approximate surface area is 85.6 Å². The number of nitriles is 1. The number of nitrogens with zero attached hydrogens (tertiary/aromatic N) is 1. The molecule has 0 aliphatic heterocycles. The van der Waals surface area contributed by atoms with Crippen LogP contribution < -0.4 is 12.4 Å². The zero-order valence-corrected chi connectivity index (χ0v) is 9.77. The quantitative estimate of drug-likeness (QED) is 0.393. The molecule has 0 aliphatic rings. The van der Waals surface area contributed by atoms with Crippen LogP contribution in [0.4, 0.5) is 0 Å². The van der Waals surface area contributed by atoms with Crippen molar-refractivity contribution in [3.63, 3.8) is 0 Å². The van der Waals surface area contributed by atoms with Crippen LogP contribution in [0.15, 0.2) is 24.3 Å². The minimum atomic E-state index is 0. The Balaban J connectivity index is 0. The van der Waals surface area contributed by atoms with Gasteiger partial charge in [-0.15, -0.1) is 12.1 Å². The van der Waals surface area contributed by atoms with Crippen molar-refractivity contribution in [2.75, 3.05) is 0 Å². The average molecular weight is 217 g/mol. The molecule has 0 saturated carbocycles. The maximum atomic E-state index is 8.43. The summed E-state index contributed by atoms with van der Waals surface area (Å²) < 4.78 is 0. The number of rotatable bonds is 0.